The minimum atomic E-state index is 0.106. The normalized spacial score (nSPS) is 21.1. The summed E-state index contributed by atoms with van der Waals surface area (Å²) in [6.45, 7) is 2.06. The van der Waals surface area contributed by atoms with Crippen LogP contribution in [0.5, 0.6) is 0 Å². The van der Waals surface area contributed by atoms with Crippen molar-refractivity contribution in [3.8, 4) is 0 Å². The number of hydrogen-bond donors (Lipinski definition) is 1. The minimum Gasteiger partial charge on any atom is -0.353 e. The Kier molecular flexibility index (Phi) is 5.00. The molecule has 0 spiro atoms. The average molecular weight is 313 g/mol. The van der Waals surface area contributed by atoms with E-state index in [1.54, 1.807) is 18.6 Å². The summed E-state index contributed by atoms with van der Waals surface area (Å²) in [4.78, 5) is 20.3. The molecule has 1 amide bonds. The molecule has 6 heteroatoms. The van der Waals surface area contributed by atoms with Crippen molar-refractivity contribution >= 4 is 5.91 Å². The molecule has 1 aliphatic carbocycles. The van der Waals surface area contributed by atoms with E-state index in [1.165, 1.54) is 5.56 Å². The molecule has 1 saturated carbocycles. The highest BCUT2D eigenvalue weighted by atomic mass is 16.1. The van der Waals surface area contributed by atoms with Crippen molar-refractivity contribution in [1.29, 1.82) is 0 Å². The Balaban J connectivity index is 1.41. The molecule has 1 fully saturated rings. The Morgan fingerprint density at radius 1 is 1.26 bits per heavy atom. The van der Waals surface area contributed by atoms with Crippen LogP contribution in [0.1, 0.15) is 49.4 Å². The largest absolute Gasteiger partial charge is 0.353 e. The SMILES string of the molecule is Cc1cnn(C2CCC(NC(=O)CCc3cnccn3)CC2)c1. The van der Waals surface area contributed by atoms with E-state index in [1.807, 2.05) is 6.20 Å². The maximum absolute atomic E-state index is 12.1. The topological polar surface area (TPSA) is 72.7 Å². The van der Waals surface area contributed by atoms with E-state index < -0.39 is 0 Å². The molecule has 2 aromatic rings. The molecule has 0 saturated heterocycles. The van der Waals surface area contributed by atoms with Crippen molar-refractivity contribution in [2.45, 2.75) is 57.5 Å². The molecule has 0 aliphatic heterocycles. The molecule has 1 N–H and O–H groups in total. The summed E-state index contributed by atoms with van der Waals surface area (Å²) in [5.74, 6) is 0.106. The summed E-state index contributed by atoms with van der Waals surface area (Å²) in [6, 6.07) is 0.758. The quantitative estimate of drug-likeness (QED) is 0.918. The van der Waals surface area contributed by atoms with Crippen LogP contribution in [0, 0.1) is 6.92 Å². The highest BCUT2D eigenvalue weighted by molar-refractivity contribution is 5.76. The van der Waals surface area contributed by atoms with Crippen LogP contribution in [0.4, 0.5) is 0 Å². The molecular formula is C17H23N5O. The van der Waals surface area contributed by atoms with E-state index in [9.17, 15) is 4.79 Å². The fraction of sp³-hybridized carbons (Fsp3) is 0.529. The van der Waals surface area contributed by atoms with Gasteiger partial charge < -0.3 is 5.32 Å². The van der Waals surface area contributed by atoms with Gasteiger partial charge in [0, 0.05) is 37.3 Å². The molecule has 0 unspecified atom stereocenters. The van der Waals surface area contributed by atoms with Crippen LogP contribution >= 0.6 is 0 Å². The number of amides is 1. The number of nitrogens with zero attached hydrogens (tertiary/aromatic N) is 4. The molecule has 0 aromatic carbocycles. The molecule has 3 rings (SSSR count). The molecule has 0 bridgehead atoms. The summed E-state index contributed by atoms with van der Waals surface area (Å²) in [7, 11) is 0. The number of rotatable bonds is 5. The third-order valence-corrected chi connectivity index (χ3v) is 4.39. The van der Waals surface area contributed by atoms with Crippen molar-refractivity contribution in [1.82, 2.24) is 25.1 Å². The Labute approximate surface area is 136 Å². The number of carbonyl (C=O) groups excluding carboxylic acids is 1. The molecule has 2 heterocycles. The molecule has 23 heavy (non-hydrogen) atoms. The monoisotopic (exact) mass is 313 g/mol. The first-order valence-electron chi connectivity index (χ1n) is 8.26. The van der Waals surface area contributed by atoms with E-state index >= 15 is 0 Å². The standard InChI is InChI=1S/C17H23N5O/c1-13-10-20-22(12-13)16-5-2-14(3-6-16)21-17(23)7-4-15-11-18-8-9-19-15/h8-12,14,16H,2-7H2,1H3,(H,21,23). The summed E-state index contributed by atoms with van der Waals surface area (Å²) in [5.41, 5.74) is 2.06. The molecule has 1 aliphatic rings. The second kappa shape index (κ2) is 7.35. The van der Waals surface area contributed by atoms with E-state index in [2.05, 4.69) is 38.2 Å². The first-order valence-corrected chi connectivity index (χ1v) is 8.26. The van der Waals surface area contributed by atoms with Crippen LogP contribution in [0.25, 0.3) is 0 Å². The van der Waals surface area contributed by atoms with Crippen molar-refractivity contribution < 1.29 is 4.79 Å². The summed E-state index contributed by atoms with van der Waals surface area (Å²) in [6.07, 6.45) is 14.3. The lowest BCUT2D eigenvalue weighted by Gasteiger charge is -2.29. The highest BCUT2D eigenvalue weighted by Crippen LogP contribution is 2.28. The third kappa shape index (κ3) is 4.37. The number of aryl methyl sites for hydroxylation is 2. The summed E-state index contributed by atoms with van der Waals surface area (Å²) >= 11 is 0. The minimum absolute atomic E-state index is 0.106. The Morgan fingerprint density at radius 2 is 2.09 bits per heavy atom. The fourth-order valence-corrected chi connectivity index (χ4v) is 3.12. The Bertz CT molecular complexity index is 631. The zero-order valence-electron chi connectivity index (χ0n) is 13.5. The van der Waals surface area contributed by atoms with Gasteiger partial charge in [0.15, 0.2) is 0 Å². The van der Waals surface area contributed by atoms with Gasteiger partial charge in [-0.2, -0.15) is 5.10 Å². The van der Waals surface area contributed by atoms with E-state index in [0.717, 1.165) is 31.4 Å². The summed E-state index contributed by atoms with van der Waals surface area (Å²) < 4.78 is 2.07. The molecule has 6 nitrogen and oxygen atoms in total. The van der Waals surface area contributed by atoms with Gasteiger partial charge in [0.05, 0.1) is 17.9 Å². The zero-order valence-corrected chi connectivity index (χ0v) is 13.5. The third-order valence-electron chi connectivity index (χ3n) is 4.39. The fourth-order valence-electron chi connectivity index (χ4n) is 3.12. The van der Waals surface area contributed by atoms with Crippen LogP contribution in [-0.2, 0) is 11.2 Å². The van der Waals surface area contributed by atoms with Gasteiger partial charge in [0.25, 0.3) is 0 Å². The average Bonchev–Trinajstić information content (AvgIpc) is 3.01. The van der Waals surface area contributed by atoms with Gasteiger partial charge in [0.2, 0.25) is 5.91 Å². The van der Waals surface area contributed by atoms with Crippen molar-refractivity contribution in [3.05, 3.63) is 42.2 Å². The van der Waals surface area contributed by atoms with Crippen LogP contribution < -0.4 is 5.32 Å². The Hall–Kier alpha value is -2.24. The molecule has 2 aromatic heterocycles. The number of aromatic nitrogens is 4. The first kappa shape index (κ1) is 15.6. The van der Waals surface area contributed by atoms with Gasteiger partial charge in [-0.1, -0.05) is 0 Å². The maximum atomic E-state index is 12.1. The predicted molar refractivity (Wildman–Crippen MR) is 86.8 cm³/mol. The number of nitrogens with one attached hydrogen (secondary N) is 1. The van der Waals surface area contributed by atoms with Gasteiger partial charge in [-0.15, -0.1) is 0 Å². The zero-order chi connectivity index (χ0) is 16.1. The van der Waals surface area contributed by atoms with E-state index in [4.69, 9.17) is 0 Å². The first-order chi connectivity index (χ1) is 11.2. The Morgan fingerprint density at radius 3 is 2.74 bits per heavy atom. The van der Waals surface area contributed by atoms with Crippen molar-refractivity contribution in [2.24, 2.45) is 0 Å². The lowest BCUT2D eigenvalue weighted by molar-refractivity contribution is -0.122. The van der Waals surface area contributed by atoms with Gasteiger partial charge in [-0.25, -0.2) is 0 Å². The van der Waals surface area contributed by atoms with Crippen molar-refractivity contribution in [2.75, 3.05) is 0 Å². The number of carbonyl (C=O) groups is 1. The predicted octanol–water partition coefficient (Wildman–Crippen LogP) is 2.21. The van der Waals surface area contributed by atoms with Gasteiger partial charge >= 0.3 is 0 Å². The molecule has 0 atom stereocenters. The molecule has 122 valence electrons. The van der Waals surface area contributed by atoms with Gasteiger partial charge in [-0.05, 0) is 44.6 Å². The van der Waals surface area contributed by atoms with Crippen LogP contribution in [0.15, 0.2) is 31.0 Å². The number of hydrogen-bond acceptors (Lipinski definition) is 4. The second-order valence-corrected chi connectivity index (χ2v) is 6.27. The van der Waals surface area contributed by atoms with Crippen LogP contribution in [-0.4, -0.2) is 31.7 Å². The van der Waals surface area contributed by atoms with E-state index in [0.29, 0.717) is 18.9 Å². The van der Waals surface area contributed by atoms with Crippen LogP contribution in [0.3, 0.4) is 0 Å². The smallest absolute Gasteiger partial charge is 0.220 e. The lowest BCUT2D eigenvalue weighted by atomic mass is 9.91. The van der Waals surface area contributed by atoms with Crippen molar-refractivity contribution in [3.63, 3.8) is 0 Å². The summed E-state index contributed by atoms with van der Waals surface area (Å²) in [5, 5.41) is 7.55. The highest BCUT2D eigenvalue weighted by Gasteiger charge is 2.23. The molecule has 0 radical (unpaired) electrons. The van der Waals surface area contributed by atoms with Gasteiger partial charge in [0.1, 0.15) is 0 Å². The second-order valence-electron chi connectivity index (χ2n) is 6.27. The maximum Gasteiger partial charge on any atom is 0.220 e. The van der Waals surface area contributed by atoms with Crippen LogP contribution in [0.2, 0.25) is 0 Å². The lowest BCUT2D eigenvalue weighted by Crippen LogP contribution is -2.38. The van der Waals surface area contributed by atoms with E-state index in [-0.39, 0.29) is 11.9 Å². The van der Waals surface area contributed by atoms with Gasteiger partial charge in [-0.3, -0.25) is 19.4 Å². The molecular weight excluding hydrogens is 290 g/mol.